The molecule has 8 rings (SSSR count). The van der Waals surface area contributed by atoms with Crippen molar-refractivity contribution in [2.45, 2.75) is 135 Å². The number of rotatable bonds is 5. The minimum Gasteiger partial charge on any atom is -0.384 e. The fourth-order valence-electron chi connectivity index (χ4n) is 6.15. The van der Waals surface area contributed by atoms with Crippen LogP contribution in [0.1, 0.15) is 120 Å². The number of amides is 1. The Morgan fingerprint density at radius 3 is 1.60 bits per heavy atom. The molecule has 0 radical (unpaired) electrons. The maximum atomic E-state index is 11.5. The molecule has 0 spiro atoms. The van der Waals surface area contributed by atoms with Crippen molar-refractivity contribution in [1.29, 1.82) is 0 Å². The van der Waals surface area contributed by atoms with Crippen molar-refractivity contribution in [3.8, 4) is 0 Å². The van der Waals surface area contributed by atoms with Crippen molar-refractivity contribution >= 4 is 45.2 Å². The number of fused-ring (bicyclic) bond motifs is 3. The molecule has 6 aromatic rings. The molecule has 1 amide bonds. The molecule has 0 fully saturated rings. The molecule has 8 heterocycles. The average Bonchev–Trinajstić information content (AvgIpc) is 3.94. The molecule has 5 N–H and O–H groups in total. The van der Waals surface area contributed by atoms with Gasteiger partial charge < -0.3 is 44.5 Å². The van der Waals surface area contributed by atoms with Crippen molar-refractivity contribution in [1.82, 2.24) is 73.7 Å². The molecular formula is C45H69N17O3. The minimum absolute atomic E-state index is 0. The number of nitrogens with zero attached hydrogens (tertiary/aromatic N) is 13. The van der Waals surface area contributed by atoms with E-state index in [0.29, 0.717) is 63.8 Å². The van der Waals surface area contributed by atoms with Gasteiger partial charge in [0, 0.05) is 48.7 Å². The summed E-state index contributed by atoms with van der Waals surface area (Å²) in [7, 11) is 0. The molecule has 20 nitrogen and oxygen atoms in total. The number of hydrogen-bond donors (Lipinski definition) is 4. The summed E-state index contributed by atoms with van der Waals surface area (Å²) in [6, 6.07) is 1.62. The van der Waals surface area contributed by atoms with E-state index in [1.54, 1.807) is 31.9 Å². The number of aliphatic imine (C=N–C) groups is 1. The van der Waals surface area contributed by atoms with E-state index in [4.69, 9.17) is 5.73 Å². The molecule has 65 heavy (non-hydrogen) atoms. The zero-order chi connectivity index (χ0) is 46.9. The van der Waals surface area contributed by atoms with Crippen LogP contribution >= 0.6 is 0 Å². The highest BCUT2D eigenvalue weighted by Gasteiger charge is 2.15. The summed E-state index contributed by atoms with van der Waals surface area (Å²) in [5.41, 5.74) is 9.99. The summed E-state index contributed by atoms with van der Waals surface area (Å²) < 4.78 is 5.82. The molecular weight excluding hydrogens is 827 g/mol. The first-order valence-electron chi connectivity index (χ1n) is 20.6. The zero-order valence-electron chi connectivity index (χ0n) is 38.5. The third kappa shape index (κ3) is 13.6. The van der Waals surface area contributed by atoms with Crippen molar-refractivity contribution in [2.24, 2.45) is 10.7 Å². The van der Waals surface area contributed by atoms with E-state index in [0.717, 1.165) is 22.7 Å². The van der Waals surface area contributed by atoms with Gasteiger partial charge in [-0.1, -0.05) is 28.0 Å². The Kier molecular flexibility index (Phi) is 19.4. The van der Waals surface area contributed by atoms with Crippen LogP contribution in [0.5, 0.6) is 0 Å². The number of aromatic amines is 2. The molecule has 0 aromatic carbocycles. The number of amidine groups is 1. The molecule has 0 atom stereocenters. The van der Waals surface area contributed by atoms with Crippen molar-refractivity contribution in [3.05, 3.63) is 113 Å². The van der Waals surface area contributed by atoms with E-state index in [2.05, 4.69) is 101 Å². The summed E-state index contributed by atoms with van der Waals surface area (Å²) in [5, 5.41) is 2.62. The number of hydrogen-bond acceptors (Lipinski definition) is 14. The summed E-state index contributed by atoms with van der Waals surface area (Å²) in [6.45, 7) is 33.7. The van der Waals surface area contributed by atoms with E-state index in [1.807, 2.05) is 86.9 Å². The van der Waals surface area contributed by atoms with Crippen molar-refractivity contribution in [2.75, 3.05) is 0 Å². The maximum absolute atomic E-state index is 11.5. The number of nitrogens with two attached hydrogens (primary N) is 1. The third-order valence-corrected chi connectivity index (χ3v) is 9.33. The smallest absolute Gasteiger partial charge is 0.279 e. The van der Waals surface area contributed by atoms with Crippen molar-refractivity contribution < 1.29 is 4.79 Å². The van der Waals surface area contributed by atoms with E-state index in [9.17, 15) is 14.4 Å². The number of imidazole rings is 3. The Morgan fingerprint density at radius 1 is 0.600 bits per heavy atom. The van der Waals surface area contributed by atoms with Gasteiger partial charge in [-0.05, 0) is 96.1 Å². The Hall–Kier alpha value is -7.25. The highest BCUT2D eigenvalue weighted by molar-refractivity contribution is 5.92. The Morgan fingerprint density at radius 2 is 1.09 bits per heavy atom. The van der Waals surface area contributed by atoms with Gasteiger partial charge in [0.1, 0.15) is 34.6 Å². The standard InChI is InChI=1S/C10H14N4.C9H12N4O.C8H10N4O.C8H13N3.C8H12N2O.2CH4/c1-6(2)14-5-11-9-7(3)12-8(4)13-10(9)14;1-5(2)13-4-10-7-8(13)11-6(3)12-9(7)14;1-5(2)12-4-11-6-7(12)9-3-10-8(6)13;1-6(2)11-5-4-8(9)10-7(11)3;1-6(2)10-5-4-8(11)9-7(10)3;;/h5-6H,1-4H3;4-5H,1-3H3,(H,11,12,14);3-5H,1-2H3,(H,9,10,13);4-6H,3H2,1-2H3,(H2,9,10);4-6H,3H2,1-2H3,(H,9,11);2*1H4. The number of aryl methyl sites for hydroxylation is 3. The summed E-state index contributed by atoms with van der Waals surface area (Å²) in [6.07, 6.45) is 13.4. The highest BCUT2D eigenvalue weighted by atomic mass is 16.2. The molecule has 0 bridgehead atoms. The Balaban J connectivity index is 0.000000278. The zero-order valence-corrected chi connectivity index (χ0v) is 38.5. The topological polar surface area (TPSA) is 245 Å². The van der Waals surface area contributed by atoms with E-state index in [-0.39, 0.29) is 44.0 Å². The number of carbonyl (C=O) groups is 1. The van der Waals surface area contributed by atoms with Gasteiger partial charge in [-0.2, -0.15) is 0 Å². The second-order valence-corrected chi connectivity index (χ2v) is 16.0. The molecule has 0 saturated carbocycles. The van der Waals surface area contributed by atoms with Crippen LogP contribution in [0.4, 0.5) is 0 Å². The van der Waals surface area contributed by atoms with E-state index in [1.165, 1.54) is 12.4 Å². The molecule has 0 aliphatic carbocycles. The lowest BCUT2D eigenvalue weighted by molar-refractivity contribution is -0.116. The molecule has 20 heteroatoms. The first-order chi connectivity index (χ1) is 29.6. The Bertz CT molecular complexity index is 2770. The normalized spacial score (nSPS) is 13.1. The van der Waals surface area contributed by atoms with Crippen LogP contribution in [-0.2, 0) is 4.79 Å². The predicted molar refractivity (Wildman–Crippen MR) is 261 cm³/mol. The predicted octanol–water partition coefficient (Wildman–Crippen LogP) is 6.87. The van der Waals surface area contributed by atoms with Gasteiger partial charge in [-0.25, -0.2) is 39.9 Å². The monoisotopic (exact) mass is 896 g/mol. The van der Waals surface area contributed by atoms with Gasteiger partial charge in [0.2, 0.25) is 0 Å². The largest absolute Gasteiger partial charge is 0.384 e. The molecule has 2 aliphatic rings. The highest BCUT2D eigenvalue weighted by Crippen LogP contribution is 2.18. The Labute approximate surface area is 381 Å². The van der Waals surface area contributed by atoms with Crippen LogP contribution in [-0.4, -0.2) is 92.2 Å². The number of carbonyl (C=O) groups excluding carboxylic acids is 1. The van der Waals surface area contributed by atoms with Gasteiger partial charge in [0.05, 0.1) is 31.0 Å². The van der Waals surface area contributed by atoms with Crippen LogP contribution < -0.4 is 22.2 Å². The molecule has 0 saturated heterocycles. The summed E-state index contributed by atoms with van der Waals surface area (Å²) >= 11 is 0. The SMILES string of the molecule is C.C.C=C1N=C(N)C=CN1C(C)C.C=C1NC(=O)C=CN1C(C)C.CC(C)n1cnc2c(=O)[nH]cnc21.Cc1nc(C)c2ncn(C(C)C)c2n1.Cc1nc2c(ncn2C(C)C)c(=O)[nH]1. The van der Waals surface area contributed by atoms with E-state index >= 15 is 0 Å². The molecule has 352 valence electrons. The lowest BCUT2D eigenvalue weighted by atomic mass is 10.3. The molecule has 0 unspecified atom stereocenters. The maximum Gasteiger partial charge on any atom is 0.279 e. The van der Waals surface area contributed by atoms with Crippen molar-refractivity contribution in [3.63, 3.8) is 0 Å². The third-order valence-electron chi connectivity index (χ3n) is 9.33. The van der Waals surface area contributed by atoms with Crippen LogP contribution in [0, 0.1) is 20.8 Å². The first kappa shape index (κ1) is 53.9. The van der Waals surface area contributed by atoms with Gasteiger partial charge in [-0.3, -0.25) is 14.4 Å². The molecule has 6 aromatic heterocycles. The van der Waals surface area contributed by atoms with Gasteiger partial charge >= 0.3 is 0 Å². The molecule has 2 aliphatic heterocycles. The first-order valence-corrected chi connectivity index (χ1v) is 20.6. The summed E-state index contributed by atoms with van der Waals surface area (Å²) in [4.78, 5) is 75.8. The fourth-order valence-corrected chi connectivity index (χ4v) is 6.15. The number of H-pyrrole nitrogens is 2. The lowest BCUT2D eigenvalue weighted by Gasteiger charge is -2.29. The van der Waals surface area contributed by atoms with Crippen LogP contribution in [0.3, 0.4) is 0 Å². The lowest BCUT2D eigenvalue weighted by Crippen LogP contribution is -2.38. The fraction of sp³-hybridized carbons (Fsp3) is 0.444. The van der Waals surface area contributed by atoms with E-state index < -0.39 is 0 Å². The van der Waals surface area contributed by atoms with Gasteiger partial charge in [0.25, 0.3) is 17.0 Å². The van der Waals surface area contributed by atoms with Crippen LogP contribution in [0.15, 0.2) is 89.2 Å². The second kappa shape index (κ2) is 23.4. The quantitative estimate of drug-likeness (QED) is 0.138. The number of nitrogens with one attached hydrogen (secondary N) is 3. The average molecular weight is 896 g/mol. The summed E-state index contributed by atoms with van der Waals surface area (Å²) in [5.74, 6) is 3.19. The number of aromatic nitrogens is 12. The minimum atomic E-state index is -0.190. The second-order valence-electron chi connectivity index (χ2n) is 16.0. The van der Waals surface area contributed by atoms with Crippen LogP contribution in [0.25, 0.3) is 33.5 Å². The van der Waals surface area contributed by atoms with Crippen LogP contribution in [0.2, 0.25) is 0 Å². The van der Waals surface area contributed by atoms with Gasteiger partial charge in [0.15, 0.2) is 28.0 Å². The van der Waals surface area contributed by atoms with Gasteiger partial charge in [-0.15, -0.1) is 0 Å².